The summed E-state index contributed by atoms with van der Waals surface area (Å²) in [5, 5.41) is 9.34. The van der Waals surface area contributed by atoms with Gasteiger partial charge < -0.3 is 9.80 Å². The van der Waals surface area contributed by atoms with Crippen molar-refractivity contribution in [2.45, 2.75) is 39.5 Å². The van der Waals surface area contributed by atoms with Crippen molar-refractivity contribution in [3.8, 4) is 6.07 Å². The second-order valence-electron chi connectivity index (χ2n) is 6.78. The highest BCUT2D eigenvalue weighted by Crippen LogP contribution is 2.41. The summed E-state index contributed by atoms with van der Waals surface area (Å²) in [4.78, 5) is 21.7. The van der Waals surface area contributed by atoms with Crippen LogP contribution in [-0.2, 0) is 4.79 Å². The third-order valence-electron chi connectivity index (χ3n) is 5.11. The summed E-state index contributed by atoms with van der Waals surface area (Å²) in [7, 11) is 0. The highest BCUT2D eigenvalue weighted by Gasteiger charge is 2.48. The molecule has 0 radical (unpaired) electrons. The van der Waals surface area contributed by atoms with Crippen LogP contribution in [0.3, 0.4) is 0 Å². The Morgan fingerprint density at radius 1 is 1.35 bits per heavy atom. The average Bonchev–Trinajstić information content (AvgIpc) is 2.97. The van der Waals surface area contributed by atoms with E-state index in [4.69, 9.17) is 0 Å². The highest BCUT2D eigenvalue weighted by atomic mass is 16.2. The van der Waals surface area contributed by atoms with Crippen molar-refractivity contribution in [2.75, 3.05) is 31.1 Å². The van der Waals surface area contributed by atoms with E-state index in [0.717, 1.165) is 56.8 Å². The molecule has 1 atom stereocenters. The van der Waals surface area contributed by atoms with Crippen LogP contribution in [-0.4, -0.2) is 42.0 Å². The SMILES string of the molecule is CCCN1CCC[C@@]2(CCN(c3nc(C)ccc3C#N)C2)C1=O. The number of carbonyl (C=O) groups is 1. The smallest absolute Gasteiger partial charge is 0.230 e. The number of aryl methyl sites for hydroxylation is 1. The van der Waals surface area contributed by atoms with E-state index >= 15 is 0 Å². The van der Waals surface area contributed by atoms with Gasteiger partial charge in [-0.15, -0.1) is 0 Å². The molecule has 5 nitrogen and oxygen atoms in total. The Morgan fingerprint density at radius 2 is 2.17 bits per heavy atom. The number of nitriles is 1. The number of hydrogen-bond acceptors (Lipinski definition) is 4. The van der Waals surface area contributed by atoms with Gasteiger partial charge in [0.1, 0.15) is 11.9 Å². The molecule has 0 unspecified atom stereocenters. The van der Waals surface area contributed by atoms with Gasteiger partial charge in [0, 0.05) is 31.9 Å². The third-order valence-corrected chi connectivity index (χ3v) is 5.11. The van der Waals surface area contributed by atoms with Crippen LogP contribution in [0.4, 0.5) is 5.82 Å². The molecule has 0 N–H and O–H groups in total. The first kappa shape index (κ1) is 15.8. The molecule has 23 heavy (non-hydrogen) atoms. The monoisotopic (exact) mass is 312 g/mol. The van der Waals surface area contributed by atoms with Gasteiger partial charge in [0.25, 0.3) is 0 Å². The van der Waals surface area contributed by atoms with E-state index in [1.54, 1.807) is 0 Å². The van der Waals surface area contributed by atoms with Crippen molar-refractivity contribution in [1.82, 2.24) is 9.88 Å². The fraction of sp³-hybridized carbons (Fsp3) is 0.611. The minimum Gasteiger partial charge on any atom is -0.354 e. The number of aromatic nitrogens is 1. The molecule has 1 amide bonds. The molecule has 1 spiro atoms. The standard InChI is InChI=1S/C18H24N4O/c1-3-9-21-10-4-7-18(17(21)23)8-11-22(13-18)16-15(12-19)6-5-14(2)20-16/h5-6H,3-4,7-11,13H2,1-2H3/t18-/m0/s1. The van der Waals surface area contributed by atoms with Gasteiger partial charge in [-0.1, -0.05) is 6.92 Å². The van der Waals surface area contributed by atoms with E-state index in [2.05, 4.69) is 22.9 Å². The van der Waals surface area contributed by atoms with Crippen LogP contribution in [0.1, 0.15) is 43.9 Å². The van der Waals surface area contributed by atoms with Crippen LogP contribution in [0.15, 0.2) is 12.1 Å². The molecular formula is C18H24N4O. The Bertz CT molecular complexity index is 649. The molecule has 0 bridgehead atoms. The Balaban J connectivity index is 1.84. The lowest BCUT2D eigenvalue weighted by Gasteiger charge is -2.39. The van der Waals surface area contributed by atoms with Crippen molar-refractivity contribution < 1.29 is 4.79 Å². The lowest BCUT2D eigenvalue weighted by molar-refractivity contribution is -0.145. The molecular weight excluding hydrogens is 288 g/mol. The summed E-state index contributed by atoms with van der Waals surface area (Å²) < 4.78 is 0. The largest absolute Gasteiger partial charge is 0.354 e. The maximum Gasteiger partial charge on any atom is 0.230 e. The van der Waals surface area contributed by atoms with E-state index in [0.29, 0.717) is 18.0 Å². The van der Waals surface area contributed by atoms with Crippen molar-refractivity contribution in [2.24, 2.45) is 5.41 Å². The predicted molar refractivity (Wildman–Crippen MR) is 89.1 cm³/mol. The van der Waals surface area contributed by atoms with Crippen molar-refractivity contribution in [1.29, 1.82) is 5.26 Å². The summed E-state index contributed by atoms with van der Waals surface area (Å²) in [5.74, 6) is 1.05. The zero-order valence-corrected chi connectivity index (χ0v) is 14.0. The number of carbonyl (C=O) groups excluding carboxylic acids is 1. The second kappa shape index (κ2) is 6.19. The second-order valence-corrected chi connectivity index (χ2v) is 6.78. The molecule has 5 heteroatoms. The number of nitrogens with zero attached hydrogens (tertiary/aromatic N) is 4. The third kappa shape index (κ3) is 2.78. The molecule has 2 saturated heterocycles. The molecule has 3 heterocycles. The Labute approximate surface area is 137 Å². The molecule has 122 valence electrons. The average molecular weight is 312 g/mol. The minimum atomic E-state index is -0.272. The molecule has 0 saturated carbocycles. The number of likely N-dealkylation sites (tertiary alicyclic amines) is 1. The van der Waals surface area contributed by atoms with Crippen LogP contribution in [0.25, 0.3) is 0 Å². The van der Waals surface area contributed by atoms with Crippen LogP contribution < -0.4 is 4.90 Å². The maximum absolute atomic E-state index is 13.0. The van der Waals surface area contributed by atoms with Crippen LogP contribution in [0, 0.1) is 23.7 Å². The summed E-state index contributed by atoms with van der Waals surface area (Å²) in [5.41, 5.74) is 1.23. The number of anilines is 1. The van der Waals surface area contributed by atoms with Crippen LogP contribution in [0.2, 0.25) is 0 Å². The van der Waals surface area contributed by atoms with Gasteiger partial charge in [-0.25, -0.2) is 4.98 Å². The van der Waals surface area contributed by atoms with Gasteiger partial charge in [0.2, 0.25) is 5.91 Å². The Hall–Kier alpha value is -2.09. The predicted octanol–water partition coefficient (Wildman–Crippen LogP) is 2.49. The van der Waals surface area contributed by atoms with Gasteiger partial charge in [0.15, 0.2) is 0 Å². The van der Waals surface area contributed by atoms with Gasteiger partial charge in [0.05, 0.1) is 11.0 Å². The number of rotatable bonds is 3. The Kier molecular flexibility index (Phi) is 4.25. The van der Waals surface area contributed by atoms with E-state index in [-0.39, 0.29) is 5.41 Å². The van der Waals surface area contributed by atoms with E-state index in [9.17, 15) is 10.1 Å². The zero-order valence-electron chi connectivity index (χ0n) is 14.0. The van der Waals surface area contributed by atoms with E-state index < -0.39 is 0 Å². The summed E-state index contributed by atoms with van der Waals surface area (Å²) in [6.07, 6.45) is 3.90. The molecule has 2 aliphatic heterocycles. The van der Waals surface area contributed by atoms with E-state index in [1.165, 1.54) is 0 Å². The molecule has 3 rings (SSSR count). The number of amides is 1. The van der Waals surface area contributed by atoms with Gasteiger partial charge in [-0.3, -0.25) is 4.79 Å². The lowest BCUT2D eigenvalue weighted by Crippen LogP contribution is -2.50. The molecule has 1 aromatic rings. The minimum absolute atomic E-state index is 0.272. The molecule has 2 fully saturated rings. The highest BCUT2D eigenvalue weighted by molar-refractivity contribution is 5.85. The number of pyridine rings is 1. The van der Waals surface area contributed by atoms with Crippen molar-refractivity contribution in [3.05, 3.63) is 23.4 Å². The summed E-state index contributed by atoms with van der Waals surface area (Å²) in [6.45, 7) is 7.29. The van der Waals surface area contributed by atoms with Crippen molar-refractivity contribution in [3.63, 3.8) is 0 Å². The van der Waals surface area contributed by atoms with E-state index in [1.807, 2.05) is 24.0 Å². The molecule has 0 aromatic carbocycles. The number of hydrogen-bond donors (Lipinski definition) is 0. The Morgan fingerprint density at radius 3 is 2.91 bits per heavy atom. The maximum atomic E-state index is 13.0. The zero-order chi connectivity index (χ0) is 16.4. The fourth-order valence-corrected chi connectivity index (χ4v) is 3.94. The first-order valence-corrected chi connectivity index (χ1v) is 8.52. The van der Waals surface area contributed by atoms with Crippen LogP contribution >= 0.6 is 0 Å². The molecule has 0 aliphatic carbocycles. The van der Waals surface area contributed by atoms with Crippen LogP contribution in [0.5, 0.6) is 0 Å². The summed E-state index contributed by atoms with van der Waals surface area (Å²) in [6, 6.07) is 5.92. The first-order chi connectivity index (χ1) is 11.1. The normalized spacial score (nSPS) is 24.3. The van der Waals surface area contributed by atoms with Crippen molar-refractivity contribution >= 4 is 11.7 Å². The topological polar surface area (TPSA) is 60.2 Å². The number of piperidine rings is 1. The molecule has 1 aromatic heterocycles. The first-order valence-electron chi connectivity index (χ1n) is 8.52. The fourth-order valence-electron chi connectivity index (χ4n) is 3.94. The van der Waals surface area contributed by atoms with Gasteiger partial charge in [-0.2, -0.15) is 5.26 Å². The lowest BCUT2D eigenvalue weighted by atomic mass is 9.78. The quantitative estimate of drug-likeness (QED) is 0.860. The van der Waals surface area contributed by atoms with Gasteiger partial charge in [-0.05, 0) is 44.7 Å². The summed E-state index contributed by atoms with van der Waals surface area (Å²) >= 11 is 0. The molecule has 2 aliphatic rings. The van der Waals surface area contributed by atoms with Gasteiger partial charge >= 0.3 is 0 Å².